The fourth-order valence-corrected chi connectivity index (χ4v) is 2.57. The fourth-order valence-electron chi connectivity index (χ4n) is 2.57. The van der Waals surface area contributed by atoms with Crippen molar-refractivity contribution in [3.63, 3.8) is 0 Å². The van der Waals surface area contributed by atoms with Crippen LogP contribution in [-0.2, 0) is 13.0 Å². The molecule has 2 rings (SSSR count). The Morgan fingerprint density at radius 3 is 2.42 bits per heavy atom. The standard InChI is InChI=1S/C16H27N3/c1-3-15-4-6-16(7-5-15)13-18-12-14(2)19-10-8-17-9-11-19/h4-7,14,17-18H,3,8-13H2,1-2H3. The van der Waals surface area contributed by atoms with Gasteiger partial charge in [-0.1, -0.05) is 31.2 Å². The highest BCUT2D eigenvalue weighted by molar-refractivity contribution is 5.22. The van der Waals surface area contributed by atoms with Crippen molar-refractivity contribution in [1.82, 2.24) is 15.5 Å². The molecule has 0 bridgehead atoms. The number of piperazine rings is 1. The molecule has 0 amide bonds. The van der Waals surface area contributed by atoms with Gasteiger partial charge in [-0.05, 0) is 24.5 Å². The molecule has 1 aliphatic heterocycles. The molecule has 1 saturated heterocycles. The number of benzene rings is 1. The molecule has 1 heterocycles. The average Bonchev–Trinajstić information content (AvgIpc) is 2.49. The lowest BCUT2D eigenvalue weighted by atomic mass is 10.1. The first-order chi connectivity index (χ1) is 9.29. The SMILES string of the molecule is CCc1ccc(CNCC(C)N2CCNCC2)cc1. The van der Waals surface area contributed by atoms with Crippen molar-refractivity contribution in [1.29, 1.82) is 0 Å². The summed E-state index contributed by atoms with van der Waals surface area (Å²) in [6, 6.07) is 9.56. The Morgan fingerprint density at radius 2 is 1.79 bits per heavy atom. The molecule has 0 aromatic heterocycles. The van der Waals surface area contributed by atoms with Crippen LogP contribution in [-0.4, -0.2) is 43.7 Å². The van der Waals surface area contributed by atoms with E-state index in [1.165, 1.54) is 24.2 Å². The maximum atomic E-state index is 3.57. The molecule has 2 N–H and O–H groups in total. The number of hydrogen-bond donors (Lipinski definition) is 2. The lowest BCUT2D eigenvalue weighted by Crippen LogP contribution is -2.50. The lowest BCUT2D eigenvalue weighted by molar-refractivity contribution is 0.181. The van der Waals surface area contributed by atoms with Gasteiger partial charge in [0.1, 0.15) is 0 Å². The zero-order valence-corrected chi connectivity index (χ0v) is 12.3. The van der Waals surface area contributed by atoms with E-state index >= 15 is 0 Å². The highest BCUT2D eigenvalue weighted by atomic mass is 15.2. The van der Waals surface area contributed by atoms with Crippen LogP contribution in [0.2, 0.25) is 0 Å². The van der Waals surface area contributed by atoms with Crippen LogP contribution in [0.25, 0.3) is 0 Å². The summed E-state index contributed by atoms with van der Waals surface area (Å²) in [5, 5.41) is 6.97. The predicted octanol–water partition coefficient (Wildman–Crippen LogP) is 1.63. The lowest BCUT2D eigenvalue weighted by Gasteiger charge is -2.32. The molecule has 0 spiro atoms. The van der Waals surface area contributed by atoms with E-state index in [0.29, 0.717) is 6.04 Å². The van der Waals surface area contributed by atoms with Gasteiger partial charge < -0.3 is 10.6 Å². The molecule has 106 valence electrons. The molecule has 0 radical (unpaired) electrons. The summed E-state index contributed by atoms with van der Waals surface area (Å²) in [6.07, 6.45) is 1.12. The first-order valence-corrected chi connectivity index (χ1v) is 7.53. The smallest absolute Gasteiger partial charge is 0.0206 e. The van der Waals surface area contributed by atoms with Crippen molar-refractivity contribution in [2.75, 3.05) is 32.7 Å². The number of rotatable bonds is 6. The highest BCUT2D eigenvalue weighted by Gasteiger charge is 2.15. The molecule has 19 heavy (non-hydrogen) atoms. The average molecular weight is 261 g/mol. The van der Waals surface area contributed by atoms with Crippen LogP contribution in [0.5, 0.6) is 0 Å². The van der Waals surface area contributed by atoms with Gasteiger partial charge in [0, 0.05) is 45.3 Å². The molecule has 1 atom stereocenters. The van der Waals surface area contributed by atoms with E-state index in [0.717, 1.165) is 32.6 Å². The van der Waals surface area contributed by atoms with Gasteiger partial charge in [0.05, 0.1) is 0 Å². The molecule has 1 aromatic carbocycles. The largest absolute Gasteiger partial charge is 0.314 e. The Hall–Kier alpha value is -0.900. The Morgan fingerprint density at radius 1 is 1.16 bits per heavy atom. The van der Waals surface area contributed by atoms with Crippen molar-refractivity contribution >= 4 is 0 Å². The molecule has 1 unspecified atom stereocenters. The number of nitrogens with one attached hydrogen (secondary N) is 2. The van der Waals surface area contributed by atoms with Crippen LogP contribution < -0.4 is 10.6 Å². The third-order valence-corrected chi connectivity index (χ3v) is 3.98. The number of hydrogen-bond acceptors (Lipinski definition) is 3. The minimum atomic E-state index is 0.622. The molecule has 0 saturated carbocycles. The first kappa shape index (κ1) is 14.5. The molecule has 1 aromatic rings. The van der Waals surface area contributed by atoms with E-state index in [4.69, 9.17) is 0 Å². The Balaban J connectivity index is 1.69. The topological polar surface area (TPSA) is 27.3 Å². The van der Waals surface area contributed by atoms with Gasteiger partial charge in [-0.3, -0.25) is 4.90 Å². The highest BCUT2D eigenvalue weighted by Crippen LogP contribution is 2.05. The second kappa shape index (κ2) is 7.63. The van der Waals surface area contributed by atoms with Crippen molar-refractivity contribution < 1.29 is 0 Å². The summed E-state index contributed by atoms with van der Waals surface area (Å²) in [5.74, 6) is 0. The maximum Gasteiger partial charge on any atom is 0.0206 e. The van der Waals surface area contributed by atoms with Crippen LogP contribution in [0.1, 0.15) is 25.0 Å². The molecule has 1 aliphatic rings. The van der Waals surface area contributed by atoms with Gasteiger partial charge >= 0.3 is 0 Å². The van der Waals surface area contributed by atoms with E-state index in [9.17, 15) is 0 Å². The molecule has 1 fully saturated rings. The third kappa shape index (κ3) is 4.60. The first-order valence-electron chi connectivity index (χ1n) is 7.53. The predicted molar refractivity (Wildman–Crippen MR) is 81.4 cm³/mol. The van der Waals surface area contributed by atoms with E-state index in [1.54, 1.807) is 0 Å². The van der Waals surface area contributed by atoms with Crippen LogP contribution in [0, 0.1) is 0 Å². The van der Waals surface area contributed by atoms with Crippen molar-refractivity contribution in [3.8, 4) is 0 Å². The summed E-state index contributed by atoms with van der Waals surface area (Å²) in [4.78, 5) is 2.56. The summed E-state index contributed by atoms with van der Waals surface area (Å²) in [6.45, 7) is 11.2. The summed E-state index contributed by atoms with van der Waals surface area (Å²) < 4.78 is 0. The maximum absolute atomic E-state index is 3.57. The molecule has 0 aliphatic carbocycles. The minimum absolute atomic E-state index is 0.622. The van der Waals surface area contributed by atoms with E-state index in [1.807, 2.05) is 0 Å². The normalized spacial score (nSPS) is 18.4. The quantitative estimate of drug-likeness (QED) is 0.815. The van der Waals surface area contributed by atoms with E-state index < -0.39 is 0 Å². The Labute approximate surface area is 117 Å². The van der Waals surface area contributed by atoms with Gasteiger partial charge in [0.25, 0.3) is 0 Å². The van der Waals surface area contributed by atoms with Gasteiger partial charge in [0.15, 0.2) is 0 Å². The summed E-state index contributed by atoms with van der Waals surface area (Å²) >= 11 is 0. The van der Waals surface area contributed by atoms with Crippen LogP contribution in [0.3, 0.4) is 0 Å². The van der Waals surface area contributed by atoms with Gasteiger partial charge in [-0.2, -0.15) is 0 Å². The Bertz CT molecular complexity index is 355. The van der Waals surface area contributed by atoms with Crippen LogP contribution >= 0.6 is 0 Å². The second-order valence-corrected chi connectivity index (χ2v) is 5.44. The zero-order chi connectivity index (χ0) is 13.5. The fraction of sp³-hybridized carbons (Fsp3) is 0.625. The molecular formula is C16H27N3. The summed E-state index contributed by atoms with van der Waals surface area (Å²) in [7, 11) is 0. The molecule has 3 nitrogen and oxygen atoms in total. The minimum Gasteiger partial charge on any atom is -0.314 e. The summed E-state index contributed by atoms with van der Waals surface area (Å²) in [5.41, 5.74) is 2.79. The molecular weight excluding hydrogens is 234 g/mol. The number of aryl methyl sites for hydroxylation is 1. The Kier molecular flexibility index (Phi) is 5.83. The van der Waals surface area contributed by atoms with Gasteiger partial charge in [-0.25, -0.2) is 0 Å². The van der Waals surface area contributed by atoms with Crippen molar-refractivity contribution in [2.45, 2.75) is 32.9 Å². The van der Waals surface area contributed by atoms with Gasteiger partial charge in [0.2, 0.25) is 0 Å². The van der Waals surface area contributed by atoms with E-state index in [-0.39, 0.29) is 0 Å². The zero-order valence-electron chi connectivity index (χ0n) is 12.3. The van der Waals surface area contributed by atoms with Gasteiger partial charge in [-0.15, -0.1) is 0 Å². The second-order valence-electron chi connectivity index (χ2n) is 5.44. The van der Waals surface area contributed by atoms with E-state index in [2.05, 4.69) is 53.6 Å². The van der Waals surface area contributed by atoms with Crippen LogP contribution in [0.15, 0.2) is 24.3 Å². The monoisotopic (exact) mass is 261 g/mol. The van der Waals surface area contributed by atoms with Crippen molar-refractivity contribution in [3.05, 3.63) is 35.4 Å². The number of nitrogens with zero attached hydrogens (tertiary/aromatic N) is 1. The van der Waals surface area contributed by atoms with Crippen molar-refractivity contribution in [2.24, 2.45) is 0 Å². The third-order valence-electron chi connectivity index (χ3n) is 3.98. The van der Waals surface area contributed by atoms with Crippen LogP contribution in [0.4, 0.5) is 0 Å². The molecule has 3 heteroatoms.